The quantitative estimate of drug-likeness (QED) is 0.892. The SMILES string of the molecule is NCc1ccc(C(O)CS(=O)c2ccccc2Cl)cc1. The van der Waals surface area contributed by atoms with Crippen LogP contribution in [0.25, 0.3) is 0 Å². The lowest BCUT2D eigenvalue weighted by molar-refractivity contribution is 0.203. The first kappa shape index (κ1) is 15.2. The van der Waals surface area contributed by atoms with Crippen LogP contribution in [0.4, 0.5) is 0 Å². The van der Waals surface area contributed by atoms with Gasteiger partial charge >= 0.3 is 0 Å². The summed E-state index contributed by atoms with van der Waals surface area (Å²) in [5.74, 6) is 0.117. The van der Waals surface area contributed by atoms with Crippen molar-refractivity contribution in [2.75, 3.05) is 5.75 Å². The molecule has 0 amide bonds. The minimum atomic E-state index is -1.34. The minimum absolute atomic E-state index is 0.117. The van der Waals surface area contributed by atoms with E-state index in [0.717, 1.165) is 11.1 Å². The van der Waals surface area contributed by atoms with Gasteiger partial charge in [-0.15, -0.1) is 0 Å². The lowest BCUT2D eigenvalue weighted by Crippen LogP contribution is -2.10. The van der Waals surface area contributed by atoms with Crippen LogP contribution in [0.2, 0.25) is 5.02 Å². The normalized spacial score (nSPS) is 13.9. The third kappa shape index (κ3) is 3.67. The first-order valence-electron chi connectivity index (χ1n) is 6.21. The predicted molar refractivity (Wildman–Crippen MR) is 82.0 cm³/mol. The summed E-state index contributed by atoms with van der Waals surface area (Å²) >= 11 is 6.00. The van der Waals surface area contributed by atoms with Gasteiger partial charge in [0.25, 0.3) is 0 Å². The smallest absolute Gasteiger partial charge is 0.0908 e. The topological polar surface area (TPSA) is 63.3 Å². The first-order chi connectivity index (χ1) is 9.61. The fourth-order valence-electron chi connectivity index (χ4n) is 1.83. The minimum Gasteiger partial charge on any atom is -0.387 e. The molecule has 2 aromatic rings. The molecule has 2 unspecified atom stereocenters. The summed E-state index contributed by atoms with van der Waals surface area (Å²) in [7, 11) is -1.34. The van der Waals surface area contributed by atoms with E-state index in [4.69, 9.17) is 17.3 Å². The van der Waals surface area contributed by atoms with Crippen molar-refractivity contribution >= 4 is 22.4 Å². The van der Waals surface area contributed by atoms with E-state index >= 15 is 0 Å². The summed E-state index contributed by atoms with van der Waals surface area (Å²) in [6.45, 7) is 0.460. The molecule has 3 N–H and O–H groups in total. The molecule has 0 bridgehead atoms. The maximum atomic E-state index is 12.2. The Bertz CT molecular complexity index is 601. The van der Waals surface area contributed by atoms with Crippen LogP contribution >= 0.6 is 11.6 Å². The predicted octanol–water partition coefficient (Wildman–Crippen LogP) is 2.64. The molecule has 0 aromatic heterocycles. The molecule has 3 nitrogen and oxygen atoms in total. The first-order valence-corrected chi connectivity index (χ1v) is 7.91. The molecule has 2 atom stereocenters. The van der Waals surface area contributed by atoms with Crippen molar-refractivity contribution < 1.29 is 9.32 Å². The van der Waals surface area contributed by atoms with E-state index < -0.39 is 16.9 Å². The highest BCUT2D eigenvalue weighted by molar-refractivity contribution is 7.85. The van der Waals surface area contributed by atoms with E-state index in [1.165, 1.54) is 0 Å². The molecule has 20 heavy (non-hydrogen) atoms. The Balaban J connectivity index is 2.09. The number of hydrogen-bond donors (Lipinski definition) is 2. The van der Waals surface area contributed by atoms with Crippen LogP contribution in [-0.4, -0.2) is 15.1 Å². The maximum Gasteiger partial charge on any atom is 0.0908 e. The number of hydrogen-bond acceptors (Lipinski definition) is 3. The summed E-state index contributed by atoms with van der Waals surface area (Å²) in [5, 5.41) is 10.6. The van der Waals surface area contributed by atoms with Crippen molar-refractivity contribution in [2.24, 2.45) is 5.73 Å². The molecule has 2 rings (SSSR count). The molecule has 106 valence electrons. The fraction of sp³-hybridized carbons (Fsp3) is 0.200. The van der Waals surface area contributed by atoms with Crippen molar-refractivity contribution in [3.8, 4) is 0 Å². The Kier molecular flexibility index (Phi) is 5.31. The Morgan fingerprint density at radius 3 is 2.40 bits per heavy atom. The van der Waals surface area contributed by atoms with Crippen LogP contribution in [-0.2, 0) is 17.3 Å². The highest BCUT2D eigenvalue weighted by atomic mass is 35.5. The van der Waals surface area contributed by atoms with Crippen molar-refractivity contribution in [2.45, 2.75) is 17.5 Å². The molecule has 0 saturated heterocycles. The van der Waals surface area contributed by atoms with Gasteiger partial charge < -0.3 is 10.8 Å². The van der Waals surface area contributed by atoms with Crippen LogP contribution in [0, 0.1) is 0 Å². The monoisotopic (exact) mass is 309 g/mol. The number of aliphatic hydroxyl groups excluding tert-OH is 1. The van der Waals surface area contributed by atoms with Gasteiger partial charge in [-0.3, -0.25) is 4.21 Å². The van der Waals surface area contributed by atoms with E-state index in [9.17, 15) is 9.32 Å². The summed E-state index contributed by atoms with van der Waals surface area (Å²) < 4.78 is 12.2. The third-order valence-corrected chi connectivity index (χ3v) is 4.90. The van der Waals surface area contributed by atoms with Crippen LogP contribution in [0.1, 0.15) is 17.2 Å². The van der Waals surface area contributed by atoms with Crippen LogP contribution in [0.3, 0.4) is 0 Å². The Morgan fingerprint density at radius 2 is 1.80 bits per heavy atom. The second kappa shape index (κ2) is 6.99. The number of nitrogens with two attached hydrogens (primary N) is 1. The highest BCUT2D eigenvalue weighted by Crippen LogP contribution is 2.23. The van der Waals surface area contributed by atoms with E-state index in [0.29, 0.717) is 16.5 Å². The standard InChI is InChI=1S/C15H16ClNO2S/c16-13-3-1-2-4-15(13)20(19)10-14(18)12-7-5-11(9-17)6-8-12/h1-8,14,18H,9-10,17H2. The average molecular weight is 310 g/mol. The van der Waals surface area contributed by atoms with Gasteiger partial charge in [0.1, 0.15) is 0 Å². The van der Waals surface area contributed by atoms with Crippen molar-refractivity contribution in [3.05, 3.63) is 64.7 Å². The van der Waals surface area contributed by atoms with Gasteiger partial charge in [0.15, 0.2) is 0 Å². The Morgan fingerprint density at radius 1 is 1.15 bits per heavy atom. The molecule has 0 aliphatic heterocycles. The lowest BCUT2D eigenvalue weighted by Gasteiger charge is -2.12. The van der Waals surface area contributed by atoms with Gasteiger partial charge in [-0.05, 0) is 23.3 Å². The highest BCUT2D eigenvalue weighted by Gasteiger charge is 2.15. The molecule has 5 heteroatoms. The largest absolute Gasteiger partial charge is 0.387 e. The van der Waals surface area contributed by atoms with Gasteiger partial charge in [0.2, 0.25) is 0 Å². The van der Waals surface area contributed by atoms with E-state index in [1.807, 2.05) is 12.1 Å². The number of halogens is 1. The summed E-state index contributed by atoms with van der Waals surface area (Å²) in [5.41, 5.74) is 7.24. The van der Waals surface area contributed by atoms with Gasteiger partial charge in [-0.25, -0.2) is 0 Å². The molecule has 0 heterocycles. The van der Waals surface area contributed by atoms with Gasteiger partial charge in [0, 0.05) is 6.54 Å². The maximum absolute atomic E-state index is 12.2. The Labute approximate surface area is 125 Å². The molecule has 2 aromatic carbocycles. The van der Waals surface area contributed by atoms with Gasteiger partial charge in [-0.1, -0.05) is 48.0 Å². The van der Waals surface area contributed by atoms with Crippen LogP contribution < -0.4 is 5.73 Å². The average Bonchev–Trinajstić information content (AvgIpc) is 2.47. The van der Waals surface area contributed by atoms with Gasteiger partial charge in [-0.2, -0.15) is 0 Å². The summed E-state index contributed by atoms with van der Waals surface area (Å²) in [4.78, 5) is 0.548. The van der Waals surface area contributed by atoms with Gasteiger partial charge in [0.05, 0.1) is 32.6 Å². The van der Waals surface area contributed by atoms with Crippen molar-refractivity contribution in [1.82, 2.24) is 0 Å². The second-order valence-corrected chi connectivity index (χ2v) is 6.28. The molecule has 0 aliphatic carbocycles. The number of rotatable bonds is 5. The molecule has 0 radical (unpaired) electrons. The van der Waals surface area contributed by atoms with E-state index in [1.54, 1.807) is 36.4 Å². The third-order valence-electron chi connectivity index (χ3n) is 2.99. The number of aliphatic hydroxyl groups is 1. The molecule has 0 aliphatic rings. The van der Waals surface area contributed by atoms with Crippen LogP contribution in [0.5, 0.6) is 0 Å². The fourth-order valence-corrected chi connectivity index (χ4v) is 3.40. The summed E-state index contributed by atoms with van der Waals surface area (Å²) in [6.07, 6.45) is -0.793. The Hall–Kier alpha value is -1.20. The molecule has 0 fully saturated rings. The van der Waals surface area contributed by atoms with Crippen LogP contribution in [0.15, 0.2) is 53.4 Å². The van der Waals surface area contributed by atoms with E-state index in [-0.39, 0.29) is 5.75 Å². The summed E-state index contributed by atoms with van der Waals surface area (Å²) in [6, 6.07) is 14.3. The number of benzene rings is 2. The zero-order chi connectivity index (χ0) is 14.5. The van der Waals surface area contributed by atoms with E-state index in [2.05, 4.69) is 0 Å². The molecule has 0 spiro atoms. The van der Waals surface area contributed by atoms with Crippen molar-refractivity contribution in [3.63, 3.8) is 0 Å². The second-order valence-electron chi connectivity index (χ2n) is 4.40. The molecular weight excluding hydrogens is 294 g/mol. The lowest BCUT2D eigenvalue weighted by atomic mass is 10.1. The zero-order valence-electron chi connectivity index (χ0n) is 10.8. The molecule has 0 saturated carbocycles. The molecular formula is C15H16ClNO2S. The van der Waals surface area contributed by atoms with Crippen molar-refractivity contribution in [1.29, 1.82) is 0 Å². The zero-order valence-corrected chi connectivity index (χ0v) is 12.4.